The number of thioether (sulfide) groups is 1. The smallest absolute Gasteiger partial charge is 0.325 e. The molecule has 0 radical (unpaired) electrons. The lowest BCUT2D eigenvalue weighted by Gasteiger charge is -2.12. The Morgan fingerprint density at radius 2 is 2.17 bits per heavy atom. The molecule has 2 N–H and O–H groups in total. The molecular weight excluding hydrogens is 340 g/mol. The van der Waals surface area contributed by atoms with E-state index in [2.05, 4.69) is 15.6 Å². The summed E-state index contributed by atoms with van der Waals surface area (Å²) in [6, 6.07) is 7.32. The molecule has 0 aliphatic rings. The van der Waals surface area contributed by atoms with Crippen LogP contribution in [0.25, 0.3) is 0 Å². The first kappa shape index (κ1) is 17.3. The quantitative estimate of drug-likeness (QED) is 0.736. The van der Waals surface area contributed by atoms with Crippen molar-refractivity contribution >= 4 is 35.2 Å². The second kappa shape index (κ2) is 7.98. The number of carboxylic acid groups (broad SMARTS) is 1. The minimum absolute atomic E-state index is 0.164. The number of carbonyl (C=O) groups excluding carboxylic acids is 1. The lowest BCUT2D eigenvalue weighted by atomic mass is 10.4. The van der Waals surface area contributed by atoms with Crippen LogP contribution >= 0.6 is 23.4 Å². The molecule has 2 aromatic rings. The fourth-order valence-electron chi connectivity index (χ4n) is 1.74. The molecule has 1 aromatic heterocycles. The van der Waals surface area contributed by atoms with E-state index in [1.165, 1.54) is 22.6 Å². The van der Waals surface area contributed by atoms with Crippen molar-refractivity contribution in [3.05, 3.63) is 41.2 Å². The van der Waals surface area contributed by atoms with Crippen molar-refractivity contribution in [1.29, 1.82) is 0 Å². The van der Waals surface area contributed by atoms with Crippen molar-refractivity contribution in [3.63, 3.8) is 0 Å². The maximum Gasteiger partial charge on any atom is 0.325 e. The number of halogens is 1. The molecule has 1 amide bonds. The molecule has 7 nitrogen and oxygen atoms in total. The molecule has 23 heavy (non-hydrogen) atoms. The predicted octanol–water partition coefficient (Wildman–Crippen LogP) is 1.81. The van der Waals surface area contributed by atoms with Gasteiger partial charge in [-0.3, -0.25) is 9.59 Å². The largest absolute Gasteiger partial charge is 0.480 e. The van der Waals surface area contributed by atoms with Crippen LogP contribution in [0.2, 0.25) is 5.02 Å². The van der Waals surface area contributed by atoms with E-state index in [9.17, 15) is 9.59 Å². The number of nitrogens with one attached hydrogen (secondary N) is 1. The third-order valence-electron chi connectivity index (χ3n) is 2.84. The summed E-state index contributed by atoms with van der Waals surface area (Å²) in [6.45, 7) is 1.70. The molecule has 0 bridgehead atoms. The van der Waals surface area contributed by atoms with Crippen molar-refractivity contribution in [2.75, 3.05) is 0 Å². The molecule has 0 saturated heterocycles. The van der Waals surface area contributed by atoms with E-state index in [-0.39, 0.29) is 24.2 Å². The molecule has 0 aliphatic carbocycles. The molecular formula is C14H15ClN4O3S. The van der Waals surface area contributed by atoms with Crippen LogP contribution in [0.5, 0.6) is 0 Å². The molecule has 1 unspecified atom stereocenters. The third kappa shape index (κ3) is 5.26. The second-order valence-corrected chi connectivity index (χ2v) is 6.50. The Labute approximate surface area is 142 Å². The summed E-state index contributed by atoms with van der Waals surface area (Å²) >= 11 is 7.43. The SMILES string of the molecule is CC(Sc1ccccc1Cl)C(=O)NCc1cn(CC(=O)O)nn1. The van der Waals surface area contributed by atoms with Gasteiger partial charge in [0.15, 0.2) is 0 Å². The summed E-state index contributed by atoms with van der Waals surface area (Å²) in [7, 11) is 0. The molecule has 1 atom stereocenters. The van der Waals surface area contributed by atoms with Gasteiger partial charge in [0.05, 0.1) is 23.0 Å². The highest BCUT2D eigenvalue weighted by atomic mass is 35.5. The average molecular weight is 355 g/mol. The van der Waals surface area contributed by atoms with Crippen LogP contribution in [-0.2, 0) is 22.7 Å². The van der Waals surface area contributed by atoms with Gasteiger partial charge in [0.1, 0.15) is 12.2 Å². The maximum atomic E-state index is 12.1. The first-order valence-electron chi connectivity index (χ1n) is 6.75. The van der Waals surface area contributed by atoms with Gasteiger partial charge in [0, 0.05) is 4.90 Å². The number of aromatic nitrogens is 3. The molecule has 1 aromatic carbocycles. The van der Waals surface area contributed by atoms with Crippen LogP contribution in [0.1, 0.15) is 12.6 Å². The standard InChI is InChI=1S/C14H15ClN4O3S/c1-9(23-12-5-3-2-4-11(12)15)14(22)16-6-10-7-19(18-17-10)8-13(20)21/h2-5,7,9H,6,8H2,1H3,(H,16,22)(H,20,21). The van der Waals surface area contributed by atoms with E-state index in [0.29, 0.717) is 10.7 Å². The van der Waals surface area contributed by atoms with Gasteiger partial charge < -0.3 is 10.4 Å². The summed E-state index contributed by atoms with van der Waals surface area (Å²) in [5.41, 5.74) is 0.495. The Morgan fingerprint density at radius 3 is 2.87 bits per heavy atom. The third-order valence-corrected chi connectivity index (χ3v) is 4.46. The Hall–Kier alpha value is -2.06. The van der Waals surface area contributed by atoms with E-state index in [4.69, 9.17) is 16.7 Å². The number of hydrogen-bond acceptors (Lipinski definition) is 5. The Balaban J connectivity index is 1.85. The summed E-state index contributed by atoms with van der Waals surface area (Å²) in [4.78, 5) is 23.5. The monoisotopic (exact) mass is 354 g/mol. The first-order valence-corrected chi connectivity index (χ1v) is 8.01. The molecule has 0 saturated carbocycles. The summed E-state index contributed by atoms with van der Waals surface area (Å²) in [5, 5.41) is 19.1. The molecule has 1 heterocycles. The fraction of sp³-hybridized carbons (Fsp3) is 0.286. The minimum atomic E-state index is -1.00. The number of benzene rings is 1. The highest BCUT2D eigenvalue weighted by molar-refractivity contribution is 8.00. The summed E-state index contributed by atoms with van der Waals surface area (Å²) in [5.74, 6) is -1.17. The average Bonchev–Trinajstić information content (AvgIpc) is 2.93. The van der Waals surface area contributed by atoms with Gasteiger partial charge in [-0.2, -0.15) is 0 Å². The zero-order chi connectivity index (χ0) is 16.8. The van der Waals surface area contributed by atoms with Crippen LogP contribution in [0.15, 0.2) is 35.4 Å². The Morgan fingerprint density at radius 1 is 1.43 bits per heavy atom. The maximum absolute atomic E-state index is 12.1. The van der Waals surface area contributed by atoms with Crippen LogP contribution in [0, 0.1) is 0 Å². The highest BCUT2D eigenvalue weighted by Crippen LogP contribution is 2.29. The fourth-order valence-corrected chi connectivity index (χ4v) is 2.92. The van der Waals surface area contributed by atoms with E-state index in [1.54, 1.807) is 13.0 Å². The zero-order valence-electron chi connectivity index (χ0n) is 12.3. The number of carboxylic acids is 1. The van der Waals surface area contributed by atoms with Crippen LogP contribution in [0.3, 0.4) is 0 Å². The van der Waals surface area contributed by atoms with Crippen LogP contribution < -0.4 is 5.32 Å². The highest BCUT2D eigenvalue weighted by Gasteiger charge is 2.16. The Kier molecular flexibility index (Phi) is 6.00. The molecule has 0 aliphatic heterocycles. The van der Waals surface area contributed by atoms with Gasteiger partial charge in [-0.25, -0.2) is 4.68 Å². The van der Waals surface area contributed by atoms with Crippen molar-refractivity contribution in [2.45, 2.75) is 30.2 Å². The predicted molar refractivity (Wildman–Crippen MR) is 86.3 cm³/mol. The number of amides is 1. The zero-order valence-corrected chi connectivity index (χ0v) is 13.8. The van der Waals surface area contributed by atoms with Crippen molar-refractivity contribution < 1.29 is 14.7 Å². The molecule has 2 rings (SSSR count). The summed E-state index contributed by atoms with van der Waals surface area (Å²) < 4.78 is 1.20. The summed E-state index contributed by atoms with van der Waals surface area (Å²) in [6.07, 6.45) is 1.49. The topological polar surface area (TPSA) is 97.1 Å². The number of nitrogens with zero attached hydrogens (tertiary/aromatic N) is 3. The molecule has 0 spiro atoms. The lowest BCUT2D eigenvalue weighted by molar-refractivity contribution is -0.138. The van der Waals surface area contributed by atoms with Crippen LogP contribution in [-0.4, -0.2) is 37.2 Å². The van der Waals surface area contributed by atoms with Gasteiger partial charge in [0.25, 0.3) is 0 Å². The van der Waals surface area contributed by atoms with Gasteiger partial charge in [0.2, 0.25) is 5.91 Å². The van der Waals surface area contributed by atoms with Crippen molar-refractivity contribution in [3.8, 4) is 0 Å². The first-order chi connectivity index (χ1) is 11.0. The van der Waals surface area contributed by atoms with E-state index < -0.39 is 5.97 Å². The normalized spacial score (nSPS) is 11.9. The van der Waals surface area contributed by atoms with Gasteiger partial charge in [-0.1, -0.05) is 28.9 Å². The number of carbonyl (C=O) groups is 2. The second-order valence-electron chi connectivity index (χ2n) is 4.71. The van der Waals surface area contributed by atoms with E-state index in [1.807, 2.05) is 18.2 Å². The minimum Gasteiger partial charge on any atom is -0.480 e. The van der Waals surface area contributed by atoms with Crippen molar-refractivity contribution in [2.24, 2.45) is 0 Å². The lowest BCUT2D eigenvalue weighted by Crippen LogP contribution is -2.30. The van der Waals surface area contributed by atoms with Crippen LogP contribution in [0.4, 0.5) is 0 Å². The molecule has 0 fully saturated rings. The number of rotatable bonds is 7. The molecule has 9 heteroatoms. The number of aliphatic carboxylic acids is 1. The Bertz CT molecular complexity index is 707. The van der Waals surface area contributed by atoms with Gasteiger partial charge in [-0.15, -0.1) is 16.9 Å². The van der Waals surface area contributed by atoms with Crippen molar-refractivity contribution in [1.82, 2.24) is 20.3 Å². The van der Waals surface area contributed by atoms with E-state index >= 15 is 0 Å². The number of hydrogen-bond donors (Lipinski definition) is 2. The van der Waals surface area contributed by atoms with E-state index in [0.717, 1.165) is 4.90 Å². The van der Waals surface area contributed by atoms with Gasteiger partial charge in [-0.05, 0) is 19.1 Å². The molecule has 122 valence electrons. The van der Waals surface area contributed by atoms with Gasteiger partial charge >= 0.3 is 5.97 Å².